The monoisotopic (exact) mass is 244 g/mol. The van der Waals surface area contributed by atoms with Gasteiger partial charge in [-0.05, 0) is 12.1 Å². The van der Waals surface area contributed by atoms with Crippen LogP contribution >= 0.6 is 0 Å². The fraction of sp³-hybridized carbons (Fsp3) is 0.200. The van der Waals surface area contributed by atoms with Gasteiger partial charge in [0.2, 0.25) is 0 Å². The van der Waals surface area contributed by atoms with E-state index in [1.165, 1.54) is 6.07 Å². The number of hydrogen-bond donors (Lipinski definition) is 1. The van der Waals surface area contributed by atoms with E-state index >= 15 is 0 Å². The maximum Gasteiger partial charge on any atom is 0.420 e. The van der Waals surface area contributed by atoms with Gasteiger partial charge in [0, 0.05) is 0 Å². The van der Waals surface area contributed by atoms with Crippen LogP contribution in [0.3, 0.4) is 0 Å². The van der Waals surface area contributed by atoms with Crippen LogP contribution < -0.4 is 10.5 Å². The average molecular weight is 244 g/mol. The molecule has 4 nitrogen and oxygen atoms in total. The van der Waals surface area contributed by atoms with Crippen LogP contribution in [0, 0.1) is 11.3 Å². The molecule has 2 N–H and O–H groups in total. The Bertz CT molecular complexity index is 503. The smallest absolute Gasteiger partial charge is 0.420 e. The SMILES string of the molecule is COc1ccc(C#N)c(C(N)=O)c1C(F)(F)F. The van der Waals surface area contributed by atoms with Crippen molar-refractivity contribution in [3.05, 3.63) is 28.8 Å². The molecule has 0 fully saturated rings. The summed E-state index contributed by atoms with van der Waals surface area (Å²) in [5.74, 6) is -1.88. The number of rotatable bonds is 2. The third-order valence-electron chi connectivity index (χ3n) is 2.04. The standard InChI is InChI=1S/C10H7F3N2O2/c1-17-6-3-2-5(4-14)7(9(15)16)8(6)10(11,12)13/h2-3H,1H3,(H2,15,16). The molecular formula is C10H7F3N2O2. The van der Waals surface area contributed by atoms with Crippen molar-refractivity contribution in [2.75, 3.05) is 7.11 Å². The van der Waals surface area contributed by atoms with Gasteiger partial charge in [-0.25, -0.2) is 0 Å². The highest BCUT2D eigenvalue weighted by molar-refractivity contribution is 5.97. The van der Waals surface area contributed by atoms with Crippen molar-refractivity contribution in [1.82, 2.24) is 0 Å². The molecule has 1 rings (SSSR count). The fourth-order valence-electron chi connectivity index (χ4n) is 1.38. The summed E-state index contributed by atoms with van der Waals surface area (Å²) in [5.41, 5.74) is 2.22. The second kappa shape index (κ2) is 4.33. The molecule has 0 heterocycles. The zero-order chi connectivity index (χ0) is 13.2. The van der Waals surface area contributed by atoms with E-state index in [9.17, 15) is 18.0 Å². The van der Waals surface area contributed by atoms with E-state index in [4.69, 9.17) is 11.0 Å². The molecule has 90 valence electrons. The molecule has 0 radical (unpaired) electrons. The highest BCUT2D eigenvalue weighted by Crippen LogP contribution is 2.39. The molecule has 0 aliphatic carbocycles. The molecule has 0 saturated carbocycles. The quantitative estimate of drug-likeness (QED) is 0.859. The predicted molar refractivity (Wildman–Crippen MR) is 51.2 cm³/mol. The largest absolute Gasteiger partial charge is 0.496 e. The molecule has 17 heavy (non-hydrogen) atoms. The highest BCUT2D eigenvalue weighted by atomic mass is 19.4. The van der Waals surface area contributed by atoms with E-state index in [0.717, 1.165) is 19.2 Å². The second-order valence-electron chi connectivity index (χ2n) is 3.04. The van der Waals surface area contributed by atoms with E-state index in [-0.39, 0.29) is 0 Å². The number of nitrogens with two attached hydrogens (primary N) is 1. The summed E-state index contributed by atoms with van der Waals surface area (Å²) in [6.45, 7) is 0. The molecule has 0 spiro atoms. The van der Waals surface area contributed by atoms with Gasteiger partial charge in [0.05, 0.1) is 24.3 Å². The molecular weight excluding hydrogens is 237 g/mol. The van der Waals surface area contributed by atoms with Gasteiger partial charge in [-0.15, -0.1) is 0 Å². The van der Waals surface area contributed by atoms with E-state index in [1.807, 2.05) is 0 Å². The number of nitrogens with zero attached hydrogens (tertiary/aromatic N) is 1. The predicted octanol–water partition coefficient (Wildman–Crippen LogP) is 1.68. The lowest BCUT2D eigenvalue weighted by Crippen LogP contribution is -2.21. The van der Waals surface area contributed by atoms with Crippen molar-refractivity contribution in [1.29, 1.82) is 5.26 Å². The number of benzene rings is 1. The number of carbonyl (C=O) groups is 1. The molecule has 0 aromatic heterocycles. The Labute approximate surface area is 94.4 Å². The van der Waals surface area contributed by atoms with Crippen LogP contribution in [0.5, 0.6) is 5.75 Å². The van der Waals surface area contributed by atoms with Crippen LogP contribution in [-0.4, -0.2) is 13.0 Å². The van der Waals surface area contributed by atoms with Crippen molar-refractivity contribution in [3.63, 3.8) is 0 Å². The van der Waals surface area contributed by atoms with Gasteiger partial charge >= 0.3 is 6.18 Å². The molecule has 0 atom stereocenters. The first-order chi connectivity index (χ1) is 7.82. The number of halogens is 3. The van der Waals surface area contributed by atoms with Gasteiger partial charge in [-0.1, -0.05) is 0 Å². The number of hydrogen-bond acceptors (Lipinski definition) is 3. The second-order valence-corrected chi connectivity index (χ2v) is 3.04. The zero-order valence-electron chi connectivity index (χ0n) is 8.63. The Morgan fingerprint density at radius 2 is 2.06 bits per heavy atom. The maximum atomic E-state index is 12.8. The minimum atomic E-state index is -4.83. The third-order valence-corrected chi connectivity index (χ3v) is 2.04. The van der Waals surface area contributed by atoms with Crippen molar-refractivity contribution >= 4 is 5.91 Å². The first-order valence-electron chi connectivity index (χ1n) is 4.31. The lowest BCUT2D eigenvalue weighted by atomic mass is 9.99. The van der Waals surface area contributed by atoms with Crippen molar-refractivity contribution < 1.29 is 22.7 Å². The summed E-state index contributed by atoms with van der Waals surface area (Å²) in [6, 6.07) is 3.50. The molecule has 0 saturated heterocycles. The number of nitriles is 1. The first kappa shape index (κ1) is 12.8. The summed E-state index contributed by atoms with van der Waals surface area (Å²) >= 11 is 0. The molecule has 1 aromatic rings. The molecule has 1 amide bonds. The summed E-state index contributed by atoms with van der Waals surface area (Å²) in [4.78, 5) is 11.0. The van der Waals surface area contributed by atoms with Gasteiger partial charge in [0.25, 0.3) is 5.91 Å². The first-order valence-corrected chi connectivity index (χ1v) is 4.31. The third kappa shape index (κ3) is 2.30. The number of primary amides is 1. The Hall–Kier alpha value is -2.23. The lowest BCUT2D eigenvalue weighted by Gasteiger charge is -2.15. The van der Waals surface area contributed by atoms with Gasteiger partial charge in [-0.3, -0.25) is 4.79 Å². The average Bonchev–Trinajstić information content (AvgIpc) is 2.25. The van der Waals surface area contributed by atoms with Crippen molar-refractivity contribution in [2.45, 2.75) is 6.18 Å². The molecule has 0 bridgehead atoms. The Morgan fingerprint density at radius 1 is 1.47 bits per heavy atom. The topological polar surface area (TPSA) is 76.1 Å². The fourth-order valence-corrected chi connectivity index (χ4v) is 1.38. The van der Waals surface area contributed by atoms with E-state index in [2.05, 4.69) is 4.74 Å². The highest BCUT2D eigenvalue weighted by Gasteiger charge is 2.39. The minimum Gasteiger partial charge on any atom is -0.496 e. The molecule has 0 unspecified atom stereocenters. The Morgan fingerprint density at radius 3 is 2.41 bits per heavy atom. The summed E-state index contributed by atoms with van der Waals surface area (Å²) in [7, 11) is 1.03. The number of alkyl halides is 3. The van der Waals surface area contributed by atoms with Crippen LogP contribution in [0.4, 0.5) is 13.2 Å². The molecule has 0 aliphatic heterocycles. The summed E-state index contributed by atoms with van der Waals surface area (Å²) in [5, 5.41) is 8.66. The molecule has 7 heteroatoms. The van der Waals surface area contributed by atoms with Gasteiger partial charge in [0.1, 0.15) is 11.3 Å². The zero-order valence-corrected chi connectivity index (χ0v) is 8.63. The number of methoxy groups -OCH3 is 1. The number of carbonyl (C=O) groups excluding carboxylic acids is 1. The Kier molecular flexibility index (Phi) is 3.27. The van der Waals surface area contributed by atoms with E-state index < -0.39 is 34.5 Å². The molecule has 1 aromatic carbocycles. The number of amides is 1. The van der Waals surface area contributed by atoms with Crippen LogP contribution in [0.2, 0.25) is 0 Å². The Balaban J connectivity index is 3.73. The summed E-state index contributed by atoms with van der Waals surface area (Å²) < 4.78 is 42.9. The van der Waals surface area contributed by atoms with Gasteiger partial charge in [-0.2, -0.15) is 18.4 Å². The van der Waals surface area contributed by atoms with Crippen LogP contribution in [0.25, 0.3) is 0 Å². The van der Waals surface area contributed by atoms with Crippen molar-refractivity contribution in [3.8, 4) is 11.8 Å². The normalized spacial score (nSPS) is 10.8. The van der Waals surface area contributed by atoms with Crippen LogP contribution in [0.15, 0.2) is 12.1 Å². The lowest BCUT2D eigenvalue weighted by molar-refractivity contribution is -0.139. The van der Waals surface area contributed by atoms with E-state index in [0.29, 0.717) is 0 Å². The molecule has 0 aliphatic rings. The minimum absolute atomic E-state index is 0.439. The van der Waals surface area contributed by atoms with E-state index in [1.54, 1.807) is 0 Å². The van der Waals surface area contributed by atoms with Crippen LogP contribution in [-0.2, 0) is 6.18 Å². The maximum absolute atomic E-state index is 12.8. The van der Waals surface area contributed by atoms with Gasteiger partial charge < -0.3 is 10.5 Å². The van der Waals surface area contributed by atoms with Gasteiger partial charge in [0.15, 0.2) is 0 Å². The number of ether oxygens (including phenoxy) is 1. The summed E-state index contributed by atoms with van der Waals surface area (Å²) in [6.07, 6.45) is -4.83. The van der Waals surface area contributed by atoms with Crippen LogP contribution in [0.1, 0.15) is 21.5 Å². The van der Waals surface area contributed by atoms with Crippen molar-refractivity contribution in [2.24, 2.45) is 5.73 Å².